The smallest absolute Gasteiger partial charge is 0.229 e. The summed E-state index contributed by atoms with van der Waals surface area (Å²) in [6.45, 7) is 4.72. The molecule has 0 unspecified atom stereocenters. The highest BCUT2D eigenvalue weighted by atomic mass is 15.1. The standard InChI is InChI=1S/C22H22N6/c1-16-3-7-19(8-4-16)26-22-25-17(2)13-21(27-22)24-14-18-5-9-20(10-6-18)28-12-11-23-15-28/h3-13,15H,14H2,1-2H3,(H2,24,25,26,27). The largest absolute Gasteiger partial charge is 0.366 e. The van der Waals surface area contributed by atoms with Gasteiger partial charge in [-0.3, -0.25) is 0 Å². The highest BCUT2D eigenvalue weighted by Gasteiger charge is 2.04. The van der Waals surface area contributed by atoms with E-state index in [0.717, 1.165) is 22.9 Å². The summed E-state index contributed by atoms with van der Waals surface area (Å²) in [6.07, 6.45) is 5.49. The highest BCUT2D eigenvalue weighted by molar-refractivity contribution is 5.55. The van der Waals surface area contributed by atoms with Crippen LogP contribution in [0.1, 0.15) is 16.8 Å². The van der Waals surface area contributed by atoms with Gasteiger partial charge in [0.15, 0.2) is 0 Å². The maximum Gasteiger partial charge on any atom is 0.229 e. The van der Waals surface area contributed by atoms with Crippen LogP contribution in [0.25, 0.3) is 5.69 Å². The van der Waals surface area contributed by atoms with E-state index < -0.39 is 0 Å². The van der Waals surface area contributed by atoms with Crippen molar-refractivity contribution in [2.24, 2.45) is 0 Å². The molecular weight excluding hydrogens is 348 g/mol. The fourth-order valence-corrected chi connectivity index (χ4v) is 2.87. The van der Waals surface area contributed by atoms with Gasteiger partial charge in [-0.05, 0) is 43.7 Å². The Morgan fingerprint density at radius 2 is 1.71 bits per heavy atom. The molecule has 0 spiro atoms. The summed E-state index contributed by atoms with van der Waals surface area (Å²) in [5.41, 5.74) is 5.36. The Hall–Kier alpha value is -3.67. The van der Waals surface area contributed by atoms with Crippen molar-refractivity contribution < 1.29 is 0 Å². The van der Waals surface area contributed by atoms with Crippen molar-refractivity contribution in [2.75, 3.05) is 10.6 Å². The van der Waals surface area contributed by atoms with Crippen LogP contribution in [0.2, 0.25) is 0 Å². The maximum absolute atomic E-state index is 4.58. The van der Waals surface area contributed by atoms with Gasteiger partial charge in [0, 0.05) is 42.1 Å². The number of hydrogen-bond donors (Lipinski definition) is 2. The van der Waals surface area contributed by atoms with Crippen molar-refractivity contribution in [3.8, 4) is 5.69 Å². The average Bonchev–Trinajstić information content (AvgIpc) is 3.23. The Kier molecular flexibility index (Phi) is 5.01. The molecule has 4 rings (SSSR count). The Morgan fingerprint density at radius 3 is 2.43 bits per heavy atom. The second-order valence-electron chi connectivity index (χ2n) is 6.70. The average molecular weight is 370 g/mol. The van der Waals surface area contributed by atoms with Crippen molar-refractivity contribution in [1.29, 1.82) is 0 Å². The molecule has 28 heavy (non-hydrogen) atoms. The molecule has 0 fully saturated rings. The minimum Gasteiger partial charge on any atom is -0.366 e. The zero-order valence-electron chi connectivity index (χ0n) is 15.9. The van der Waals surface area contributed by atoms with Crippen LogP contribution in [0, 0.1) is 13.8 Å². The van der Waals surface area contributed by atoms with Gasteiger partial charge in [-0.1, -0.05) is 29.8 Å². The molecule has 2 aromatic carbocycles. The summed E-state index contributed by atoms with van der Waals surface area (Å²) in [5, 5.41) is 6.64. The molecule has 0 aliphatic carbocycles. The molecule has 0 saturated heterocycles. The van der Waals surface area contributed by atoms with E-state index in [1.54, 1.807) is 12.5 Å². The summed E-state index contributed by atoms with van der Waals surface area (Å²) >= 11 is 0. The fraction of sp³-hybridized carbons (Fsp3) is 0.136. The number of imidazole rings is 1. The maximum atomic E-state index is 4.58. The van der Waals surface area contributed by atoms with Crippen LogP contribution in [0.4, 0.5) is 17.5 Å². The van der Waals surface area contributed by atoms with Crippen LogP contribution in [-0.4, -0.2) is 19.5 Å². The number of nitrogens with zero attached hydrogens (tertiary/aromatic N) is 4. The van der Waals surface area contributed by atoms with Crippen molar-refractivity contribution in [3.05, 3.63) is 90.1 Å². The lowest BCUT2D eigenvalue weighted by Gasteiger charge is -2.11. The molecule has 0 radical (unpaired) electrons. The van der Waals surface area contributed by atoms with E-state index in [1.165, 1.54) is 11.1 Å². The lowest BCUT2D eigenvalue weighted by Crippen LogP contribution is -2.05. The number of nitrogens with one attached hydrogen (secondary N) is 2. The molecule has 0 aliphatic heterocycles. The van der Waals surface area contributed by atoms with Gasteiger partial charge in [0.2, 0.25) is 5.95 Å². The molecule has 6 heteroatoms. The second kappa shape index (κ2) is 7.92. The van der Waals surface area contributed by atoms with E-state index >= 15 is 0 Å². The van der Waals surface area contributed by atoms with Gasteiger partial charge in [0.25, 0.3) is 0 Å². The topological polar surface area (TPSA) is 67.7 Å². The quantitative estimate of drug-likeness (QED) is 0.518. The summed E-state index contributed by atoms with van der Waals surface area (Å²) in [5.74, 6) is 1.38. The Balaban J connectivity index is 1.43. The first-order chi connectivity index (χ1) is 13.7. The summed E-state index contributed by atoms with van der Waals surface area (Å²) < 4.78 is 1.98. The van der Waals surface area contributed by atoms with Gasteiger partial charge in [0.05, 0.1) is 6.33 Å². The number of rotatable bonds is 6. The minimum absolute atomic E-state index is 0.585. The number of aryl methyl sites for hydroxylation is 2. The molecule has 0 saturated carbocycles. The van der Waals surface area contributed by atoms with Crippen LogP contribution in [0.3, 0.4) is 0 Å². The monoisotopic (exact) mass is 370 g/mol. The highest BCUT2D eigenvalue weighted by Crippen LogP contribution is 2.17. The van der Waals surface area contributed by atoms with Crippen molar-refractivity contribution in [2.45, 2.75) is 20.4 Å². The third kappa shape index (κ3) is 4.35. The molecule has 140 valence electrons. The molecule has 6 nitrogen and oxygen atoms in total. The van der Waals surface area contributed by atoms with Crippen LogP contribution in [0.15, 0.2) is 73.3 Å². The van der Waals surface area contributed by atoms with Gasteiger partial charge in [-0.2, -0.15) is 4.98 Å². The van der Waals surface area contributed by atoms with Crippen molar-refractivity contribution in [3.63, 3.8) is 0 Å². The SMILES string of the molecule is Cc1ccc(Nc2nc(C)cc(NCc3ccc(-n4ccnc4)cc3)n2)cc1. The first-order valence-electron chi connectivity index (χ1n) is 9.16. The molecule has 4 aromatic rings. The van der Waals surface area contributed by atoms with Gasteiger partial charge >= 0.3 is 0 Å². The predicted octanol–water partition coefficient (Wildman–Crippen LogP) is 4.63. The Labute approximate surface area is 164 Å². The van der Waals surface area contributed by atoms with E-state index in [0.29, 0.717) is 12.5 Å². The van der Waals surface area contributed by atoms with Gasteiger partial charge in [-0.25, -0.2) is 9.97 Å². The molecule has 0 bridgehead atoms. The van der Waals surface area contributed by atoms with E-state index in [-0.39, 0.29) is 0 Å². The number of hydrogen-bond acceptors (Lipinski definition) is 5. The van der Waals surface area contributed by atoms with Gasteiger partial charge in [0.1, 0.15) is 5.82 Å². The van der Waals surface area contributed by atoms with Gasteiger partial charge < -0.3 is 15.2 Å². The molecule has 2 heterocycles. The summed E-state index contributed by atoms with van der Waals surface area (Å²) in [6, 6.07) is 18.5. The Bertz CT molecular complexity index is 1040. The van der Waals surface area contributed by atoms with Crippen LogP contribution >= 0.6 is 0 Å². The van der Waals surface area contributed by atoms with E-state index in [1.807, 2.05) is 35.9 Å². The van der Waals surface area contributed by atoms with Crippen LogP contribution in [-0.2, 0) is 6.54 Å². The molecular formula is C22H22N6. The molecule has 2 aromatic heterocycles. The minimum atomic E-state index is 0.585. The van der Waals surface area contributed by atoms with Gasteiger partial charge in [-0.15, -0.1) is 0 Å². The number of anilines is 3. The van der Waals surface area contributed by atoms with Crippen LogP contribution in [0.5, 0.6) is 0 Å². The van der Waals surface area contributed by atoms with Crippen LogP contribution < -0.4 is 10.6 Å². The zero-order chi connectivity index (χ0) is 19.3. The summed E-state index contributed by atoms with van der Waals surface area (Å²) in [4.78, 5) is 13.1. The number of benzene rings is 2. The fourth-order valence-electron chi connectivity index (χ4n) is 2.87. The first kappa shape index (κ1) is 17.7. The second-order valence-corrected chi connectivity index (χ2v) is 6.70. The first-order valence-corrected chi connectivity index (χ1v) is 9.16. The molecule has 0 atom stereocenters. The van der Waals surface area contributed by atoms with E-state index in [2.05, 4.69) is 68.9 Å². The van der Waals surface area contributed by atoms with Crippen molar-refractivity contribution >= 4 is 17.5 Å². The normalized spacial score (nSPS) is 10.6. The Morgan fingerprint density at radius 1 is 0.929 bits per heavy atom. The molecule has 0 aliphatic rings. The lowest BCUT2D eigenvalue weighted by molar-refractivity contribution is 1.04. The van der Waals surface area contributed by atoms with Crippen molar-refractivity contribution in [1.82, 2.24) is 19.5 Å². The molecule has 0 amide bonds. The zero-order valence-corrected chi connectivity index (χ0v) is 15.9. The summed E-state index contributed by atoms with van der Waals surface area (Å²) in [7, 11) is 0. The molecule has 2 N–H and O–H groups in total. The van der Waals surface area contributed by atoms with E-state index in [4.69, 9.17) is 0 Å². The third-order valence-corrected chi connectivity index (χ3v) is 4.37. The third-order valence-electron chi connectivity index (χ3n) is 4.37. The lowest BCUT2D eigenvalue weighted by atomic mass is 10.2. The predicted molar refractivity (Wildman–Crippen MR) is 112 cm³/mol. The number of aromatic nitrogens is 4. The van der Waals surface area contributed by atoms with E-state index in [9.17, 15) is 0 Å².